The second-order valence-corrected chi connectivity index (χ2v) is 5.90. The highest BCUT2D eigenvalue weighted by Gasteiger charge is 2.10. The molecule has 7 nitrogen and oxygen atoms in total. The Morgan fingerprint density at radius 2 is 1.93 bits per heavy atom. The van der Waals surface area contributed by atoms with E-state index in [4.69, 9.17) is 4.74 Å². The van der Waals surface area contributed by atoms with Crippen molar-refractivity contribution in [3.63, 3.8) is 0 Å². The Labute approximate surface area is 156 Å². The van der Waals surface area contributed by atoms with E-state index in [9.17, 15) is 9.50 Å². The van der Waals surface area contributed by atoms with Gasteiger partial charge in [0.2, 0.25) is 5.95 Å². The summed E-state index contributed by atoms with van der Waals surface area (Å²) >= 11 is 0. The van der Waals surface area contributed by atoms with Gasteiger partial charge in [-0.05, 0) is 31.2 Å². The Morgan fingerprint density at radius 3 is 2.59 bits per heavy atom. The number of nitrogens with one attached hydrogen (secondary N) is 2. The van der Waals surface area contributed by atoms with E-state index in [0.29, 0.717) is 23.1 Å². The number of rotatable bonds is 7. The monoisotopic (exact) mass is 369 g/mol. The van der Waals surface area contributed by atoms with Gasteiger partial charge in [-0.1, -0.05) is 0 Å². The van der Waals surface area contributed by atoms with Gasteiger partial charge in [-0.2, -0.15) is 4.98 Å². The summed E-state index contributed by atoms with van der Waals surface area (Å²) in [5.41, 5.74) is 2.04. The molecule has 0 bridgehead atoms. The summed E-state index contributed by atoms with van der Waals surface area (Å²) in [7, 11) is 1.41. The number of halogens is 1. The molecule has 1 atom stereocenters. The van der Waals surface area contributed by atoms with Crippen LogP contribution in [0.3, 0.4) is 0 Å². The topological polar surface area (TPSA) is 92.2 Å². The van der Waals surface area contributed by atoms with Gasteiger partial charge in [-0.3, -0.25) is 4.98 Å². The van der Waals surface area contributed by atoms with Crippen LogP contribution in [0.2, 0.25) is 0 Å². The fourth-order valence-electron chi connectivity index (χ4n) is 2.40. The Bertz CT molecular complexity index is 908. The van der Waals surface area contributed by atoms with Crippen LogP contribution in [0.4, 0.5) is 21.8 Å². The van der Waals surface area contributed by atoms with Gasteiger partial charge in [0.15, 0.2) is 11.6 Å². The van der Waals surface area contributed by atoms with Gasteiger partial charge in [-0.15, -0.1) is 0 Å². The molecule has 0 aliphatic heterocycles. The van der Waals surface area contributed by atoms with Crippen molar-refractivity contribution in [2.75, 3.05) is 24.4 Å². The molecule has 3 rings (SSSR count). The maximum absolute atomic E-state index is 13.9. The molecule has 1 aromatic carbocycles. The number of nitrogens with zero attached hydrogens (tertiary/aromatic N) is 3. The molecule has 140 valence electrons. The Kier molecular flexibility index (Phi) is 5.77. The molecule has 0 aliphatic rings. The molecule has 8 heteroatoms. The smallest absolute Gasteiger partial charge is 0.225 e. The van der Waals surface area contributed by atoms with Crippen LogP contribution in [0.5, 0.6) is 5.75 Å². The van der Waals surface area contributed by atoms with Crippen LogP contribution in [0.1, 0.15) is 6.92 Å². The van der Waals surface area contributed by atoms with Crippen molar-refractivity contribution in [1.29, 1.82) is 0 Å². The van der Waals surface area contributed by atoms with Gasteiger partial charge in [0.05, 0.1) is 19.4 Å². The number of methoxy groups -OCH3 is 1. The summed E-state index contributed by atoms with van der Waals surface area (Å²) in [4.78, 5) is 12.9. The number of pyridine rings is 1. The minimum Gasteiger partial charge on any atom is -0.494 e. The number of aliphatic hydroxyl groups is 1. The lowest BCUT2D eigenvalue weighted by atomic mass is 10.2. The highest BCUT2D eigenvalue weighted by Crippen LogP contribution is 2.26. The van der Waals surface area contributed by atoms with Crippen molar-refractivity contribution in [3.8, 4) is 17.0 Å². The van der Waals surface area contributed by atoms with Crippen molar-refractivity contribution in [2.24, 2.45) is 0 Å². The third-order valence-corrected chi connectivity index (χ3v) is 3.78. The molecule has 0 unspecified atom stereocenters. The van der Waals surface area contributed by atoms with Crippen LogP contribution in [0, 0.1) is 5.82 Å². The highest BCUT2D eigenvalue weighted by molar-refractivity contribution is 5.67. The first kappa shape index (κ1) is 18.5. The number of anilines is 3. The predicted molar refractivity (Wildman–Crippen MR) is 102 cm³/mol. The number of benzene rings is 1. The standard InChI is InChI=1S/C19H20FN5O2/c1-12(11-26)22-19-24-16(13-5-7-21-8-6-13)10-18(25-19)23-14-3-4-17(27-2)15(20)9-14/h3-10,12,26H,11H2,1-2H3,(H2,22,23,24,25)/t12-/m0/s1. The van der Waals surface area contributed by atoms with Gasteiger partial charge in [0.1, 0.15) is 5.82 Å². The van der Waals surface area contributed by atoms with E-state index in [2.05, 4.69) is 25.6 Å². The summed E-state index contributed by atoms with van der Waals surface area (Å²) in [5.74, 6) is 0.523. The van der Waals surface area contributed by atoms with Crippen LogP contribution in [0.25, 0.3) is 11.3 Å². The van der Waals surface area contributed by atoms with Gasteiger partial charge in [0, 0.05) is 41.8 Å². The molecular formula is C19H20FN5O2. The lowest BCUT2D eigenvalue weighted by Gasteiger charge is -2.14. The molecular weight excluding hydrogens is 349 g/mol. The third kappa shape index (κ3) is 4.68. The maximum atomic E-state index is 13.9. The van der Waals surface area contributed by atoms with E-state index in [1.807, 2.05) is 19.1 Å². The Morgan fingerprint density at radius 1 is 1.15 bits per heavy atom. The zero-order valence-electron chi connectivity index (χ0n) is 15.0. The molecule has 2 heterocycles. The van der Waals surface area contributed by atoms with Gasteiger partial charge >= 0.3 is 0 Å². The quantitative estimate of drug-likeness (QED) is 0.589. The zero-order valence-corrected chi connectivity index (χ0v) is 15.0. The molecule has 2 aromatic heterocycles. The average Bonchev–Trinajstić information content (AvgIpc) is 2.68. The first-order chi connectivity index (χ1) is 13.1. The van der Waals surface area contributed by atoms with E-state index in [-0.39, 0.29) is 18.4 Å². The van der Waals surface area contributed by atoms with Crippen molar-refractivity contribution in [3.05, 3.63) is 54.6 Å². The number of aromatic nitrogens is 3. The molecule has 0 spiro atoms. The second-order valence-electron chi connectivity index (χ2n) is 5.90. The van der Waals surface area contributed by atoms with E-state index < -0.39 is 5.82 Å². The van der Waals surface area contributed by atoms with E-state index >= 15 is 0 Å². The summed E-state index contributed by atoms with van der Waals surface area (Å²) < 4.78 is 18.9. The first-order valence-corrected chi connectivity index (χ1v) is 8.36. The molecule has 0 amide bonds. The number of hydrogen-bond donors (Lipinski definition) is 3. The number of ether oxygens (including phenoxy) is 1. The Balaban J connectivity index is 1.95. The average molecular weight is 369 g/mol. The van der Waals surface area contributed by atoms with Crippen LogP contribution < -0.4 is 15.4 Å². The molecule has 0 fully saturated rings. The molecule has 0 aliphatic carbocycles. The molecule has 0 radical (unpaired) electrons. The summed E-state index contributed by atoms with van der Waals surface area (Å²) in [6.45, 7) is 1.75. The minimum absolute atomic E-state index is 0.0602. The SMILES string of the molecule is COc1ccc(Nc2cc(-c3ccncc3)nc(N[C@@H](C)CO)n2)cc1F. The second kappa shape index (κ2) is 8.41. The fraction of sp³-hybridized carbons (Fsp3) is 0.211. The van der Waals surface area contributed by atoms with Crippen LogP contribution in [-0.2, 0) is 0 Å². The lowest BCUT2D eigenvalue weighted by Crippen LogP contribution is -2.21. The highest BCUT2D eigenvalue weighted by atomic mass is 19.1. The molecule has 0 saturated heterocycles. The fourth-order valence-corrected chi connectivity index (χ4v) is 2.40. The zero-order chi connectivity index (χ0) is 19.2. The van der Waals surface area contributed by atoms with Gasteiger partial charge in [0.25, 0.3) is 0 Å². The van der Waals surface area contributed by atoms with Gasteiger partial charge in [-0.25, -0.2) is 9.37 Å². The largest absolute Gasteiger partial charge is 0.494 e. The minimum atomic E-state index is -0.474. The van der Waals surface area contributed by atoms with Crippen LogP contribution in [0.15, 0.2) is 48.8 Å². The van der Waals surface area contributed by atoms with E-state index in [0.717, 1.165) is 5.56 Å². The lowest BCUT2D eigenvalue weighted by molar-refractivity contribution is 0.281. The number of hydrogen-bond acceptors (Lipinski definition) is 7. The normalized spacial score (nSPS) is 11.7. The van der Waals surface area contributed by atoms with Crippen molar-refractivity contribution < 1.29 is 14.2 Å². The maximum Gasteiger partial charge on any atom is 0.225 e. The molecule has 3 N–H and O–H groups in total. The predicted octanol–water partition coefficient (Wildman–Crippen LogP) is 3.22. The summed E-state index contributed by atoms with van der Waals surface area (Å²) in [6.07, 6.45) is 3.35. The summed E-state index contributed by atoms with van der Waals surface area (Å²) in [6, 6.07) is 9.76. The Hall–Kier alpha value is -3.26. The van der Waals surface area contributed by atoms with Crippen molar-refractivity contribution in [1.82, 2.24) is 15.0 Å². The van der Waals surface area contributed by atoms with Gasteiger partial charge < -0.3 is 20.5 Å². The van der Waals surface area contributed by atoms with E-state index in [1.165, 1.54) is 19.2 Å². The third-order valence-electron chi connectivity index (χ3n) is 3.78. The van der Waals surface area contributed by atoms with E-state index in [1.54, 1.807) is 24.5 Å². The molecule has 0 saturated carbocycles. The number of aliphatic hydroxyl groups excluding tert-OH is 1. The van der Waals surface area contributed by atoms with Crippen molar-refractivity contribution >= 4 is 17.5 Å². The molecule has 27 heavy (non-hydrogen) atoms. The van der Waals surface area contributed by atoms with Crippen LogP contribution in [-0.4, -0.2) is 39.8 Å². The van der Waals surface area contributed by atoms with Crippen LogP contribution >= 0.6 is 0 Å². The molecule has 3 aromatic rings. The summed E-state index contributed by atoms with van der Waals surface area (Å²) in [5, 5.41) is 15.4. The first-order valence-electron chi connectivity index (χ1n) is 8.36. The van der Waals surface area contributed by atoms with Crippen molar-refractivity contribution in [2.45, 2.75) is 13.0 Å².